The maximum absolute atomic E-state index is 12.3. The molecule has 1 atom stereocenters. The second-order valence-electron chi connectivity index (χ2n) is 5.27. The molecular weight excluding hydrogens is 294 g/mol. The van der Waals surface area contributed by atoms with Gasteiger partial charge in [0.2, 0.25) is 11.8 Å². The lowest BCUT2D eigenvalue weighted by Gasteiger charge is -2.15. The average Bonchev–Trinajstić information content (AvgIpc) is 2.92. The Morgan fingerprint density at radius 2 is 2.13 bits per heavy atom. The van der Waals surface area contributed by atoms with E-state index >= 15 is 0 Å². The van der Waals surface area contributed by atoms with E-state index in [0.717, 1.165) is 11.1 Å². The van der Waals surface area contributed by atoms with Crippen molar-refractivity contribution in [3.05, 3.63) is 47.8 Å². The summed E-state index contributed by atoms with van der Waals surface area (Å²) in [5.41, 5.74) is 2.42. The van der Waals surface area contributed by atoms with Crippen LogP contribution in [-0.4, -0.2) is 28.6 Å². The highest BCUT2D eigenvalue weighted by molar-refractivity contribution is 5.88. The molecule has 1 aromatic carbocycles. The molecule has 7 heteroatoms. The van der Waals surface area contributed by atoms with Gasteiger partial charge in [0.25, 0.3) is 0 Å². The minimum Gasteiger partial charge on any atom is -0.350 e. The van der Waals surface area contributed by atoms with Crippen molar-refractivity contribution in [3.8, 4) is 0 Å². The summed E-state index contributed by atoms with van der Waals surface area (Å²) >= 11 is 0. The lowest BCUT2D eigenvalue weighted by atomic mass is 10.1. The van der Waals surface area contributed by atoms with Gasteiger partial charge in [-0.1, -0.05) is 12.1 Å². The molecule has 2 aromatic rings. The van der Waals surface area contributed by atoms with E-state index in [1.807, 2.05) is 25.2 Å². The smallest absolute Gasteiger partial charge is 0.242 e. The van der Waals surface area contributed by atoms with E-state index in [1.54, 1.807) is 30.2 Å². The number of likely N-dealkylation sites (N-methyl/N-ethyl adjacent to an activating group) is 1. The third kappa shape index (κ3) is 4.65. The van der Waals surface area contributed by atoms with Crippen molar-refractivity contribution in [2.24, 2.45) is 7.05 Å². The molecule has 0 fully saturated rings. The fourth-order valence-electron chi connectivity index (χ4n) is 2.29. The summed E-state index contributed by atoms with van der Waals surface area (Å²) in [5.74, 6) is -0.261. The predicted octanol–water partition coefficient (Wildman–Crippen LogP) is 0.955. The number of anilines is 1. The zero-order valence-corrected chi connectivity index (χ0v) is 13.5. The molecule has 0 spiro atoms. The minimum absolute atomic E-state index is 0.127. The van der Waals surface area contributed by atoms with Gasteiger partial charge in [-0.15, -0.1) is 0 Å². The second kappa shape index (κ2) is 7.55. The summed E-state index contributed by atoms with van der Waals surface area (Å²) in [6, 6.07) is 6.91. The van der Waals surface area contributed by atoms with E-state index in [0.29, 0.717) is 12.2 Å². The molecule has 0 aliphatic rings. The van der Waals surface area contributed by atoms with E-state index in [9.17, 15) is 9.59 Å². The Labute approximate surface area is 135 Å². The number of amides is 2. The molecule has 23 heavy (non-hydrogen) atoms. The van der Waals surface area contributed by atoms with E-state index in [1.165, 1.54) is 6.92 Å². The van der Waals surface area contributed by atoms with Gasteiger partial charge in [0, 0.05) is 38.0 Å². The van der Waals surface area contributed by atoms with Crippen LogP contribution in [0, 0.1) is 0 Å². The molecule has 1 heterocycles. The third-order valence-electron chi connectivity index (χ3n) is 3.32. The van der Waals surface area contributed by atoms with E-state index < -0.39 is 6.04 Å². The second-order valence-corrected chi connectivity index (χ2v) is 5.27. The molecule has 0 radical (unpaired) electrons. The Bertz CT molecular complexity index is 695. The molecule has 0 bridgehead atoms. The molecule has 0 saturated carbocycles. The number of nitrogens with zero attached hydrogens (tertiary/aromatic N) is 2. The molecule has 7 nitrogen and oxygen atoms in total. The normalized spacial score (nSPS) is 11.8. The first-order valence-corrected chi connectivity index (χ1v) is 7.29. The molecule has 122 valence electrons. The highest BCUT2D eigenvalue weighted by atomic mass is 16.2. The lowest BCUT2D eigenvalue weighted by molar-refractivity contribution is -0.123. The number of hydrogen-bond donors (Lipinski definition) is 3. The van der Waals surface area contributed by atoms with Gasteiger partial charge in [0.15, 0.2) is 0 Å². The van der Waals surface area contributed by atoms with Crippen LogP contribution in [-0.2, 0) is 23.2 Å². The number of benzene rings is 1. The summed E-state index contributed by atoms with van der Waals surface area (Å²) in [5, 5.41) is 12.7. The quantitative estimate of drug-likeness (QED) is 0.741. The Balaban J connectivity index is 1.99. The van der Waals surface area contributed by atoms with Crippen molar-refractivity contribution >= 4 is 17.5 Å². The van der Waals surface area contributed by atoms with Gasteiger partial charge in [0.1, 0.15) is 6.04 Å². The van der Waals surface area contributed by atoms with Crippen molar-refractivity contribution in [3.63, 3.8) is 0 Å². The van der Waals surface area contributed by atoms with Crippen LogP contribution in [0.3, 0.4) is 0 Å². The Morgan fingerprint density at radius 3 is 2.74 bits per heavy atom. The summed E-state index contributed by atoms with van der Waals surface area (Å²) in [4.78, 5) is 23.4. The van der Waals surface area contributed by atoms with E-state index in [2.05, 4.69) is 21.0 Å². The first-order chi connectivity index (χ1) is 11.0. The number of carbonyl (C=O) groups excluding carboxylic acids is 2. The molecule has 1 unspecified atom stereocenters. The van der Waals surface area contributed by atoms with Gasteiger partial charge in [-0.05, 0) is 24.7 Å². The van der Waals surface area contributed by atoms with Crippen molar-refractivity contribution in [2.45, 2.75) is 19.5 Å². The first-order valence-electron chi connectivity index (χ1n) is 7.29. The molecular formula is C16H21N5O2. The maximum atomic E-state index is 12.3. The van der Waals surface area contributed by atoms with Crippen molar-refractivity contribution in [1.29, 1.82) is 0 Å². The predicted molar refractivity (Wildman–Crippen MR) is 87.6 cm³/mol. The summed E-state index contributed by atoms with van der Waals surface area (Å²) < 4.78 is 1.66. The van der Waals surface area contributed by atoms with Crippen LogP contribution in [0.15, 0.2) is 36.7 Å². The van der Waals surface area contributed by atoms with Crippen molar-refractivity contribution < 1.29 is 9.59 Å². The van der Waals surface area contributed by atoms with E-state index in [-0.39, 0.29) is 11.8 Å². The molecule has 2 amide bonds. The average molecular weight is 315 g/mol. The van der Waals surface area contributed by atoms with Gasteiger partial charge in [-0.3, -0.25) is 14.3 Å². The van der Waals surface area contributed by atoms with Gasteiger partial charge in [0.05, 0.1) is 6.20 Å². The number of nitrogens with one attached hydrogen (secondary N) is 3. The zero-order chi connectivity index (χ0) is 16.8. The van der Waals surface area contributed by atoms with Crippen LogP contribution >= 0.6 is 0 Å². The topological polar surface area (TPSA) is 88.1 Å². The van der Waals surface area contributed by atoms with Gasteiger partial charge in [-0.2, -0.15) is 5.10 Å². The lowest BCUT2D eigenvalue weighted by Crippen LogP contribution is -2.35. The maximum Gasteiger partial charge on any atom is 0.242 e. The zero-order valence-electron chi connectivity index (χ0n) is 13.5. The molecule has 1 aromatic heterocycles. The third-order valence-corrected chi connectivity index (χ3v) is 3.32. The van der Waals surface area contributed by atoms with Crippen molar-refractivity contribution in [1.82, 2.24) is 20.4 Å². The number of aryl methyl sites for hydroxylation is 1. The van der Waals surface area contributed by atoms with Crippen LogP contribution in [0.25, 0.3) is 0 Å². The van der Waals surface area contributed by atoms with Crippen LogP contribution in [0.5, 0.6) is 0 Å². The summed E-state index contributed by atoms with van der Waals surface area (Å²) in [6.45, 7) is 1.84. The summed E-state index contributed by atoms with van der Waals surface area (Å²) in [7, 11) is 3.54. The standard InChI is InChI=1S/C16H21N5O2/c1-11(22)20-14-6-4-5-12(7-14)8-18-16(23)15(17-2)13-9-19-21(3)10-13/h4-7,9-10,15,17H,8H2,1-3H3,(H,18,23)(H,20,22). The number of hydrogen-bond acceptors (Lipinski definition) is 4. The molecule has 0 aliphatic heterocycles. The van der Waals surface area contributed by atoms with Crippen LogP contribution in [0.2, 0.25) is 0 Å². The fourth-order valence-corrected chi connectivity index (χ4v) is 2.29. The highest BCUT2D eigenvalue weighted by Gasteiger charge is 2.19. The van der Waals surface area contributed by atoms with Gasteiger partial charge in [-0.25, -0.2) is 0 Å². The first kappa shape index (κ1) is 16.7. The van der Waals surface area contributed by atoms with Gasteiger partial charge >= 0.3 is 0 Å². The molecule has 0 aliphatic carbocycles. The summed E-state index contributed by atoms with van der Waals surface area (Å²) in [6.07, 6.45) is 3.47. The number of aromatic nitrogens is 2. The van der Waals surface area contributed by atoms with Crippen LogP contribution < -0.4 is 16.0 Å². The molecule has 0 saturated heterocycles. The van der Waals surface area contributed by atoms with Crippen LogP contribution in [0.4, 0.5) is 5.69 Å². The SMILES string of the molecule is CNC(C(=O)NCc1cccc(NC(C)=O)c1)c1cnn(C)c1. The van der Waals surface area contributed by atoms with Crippen molar-refractivity contribution in [2.75, 3.05) is 12.4 Å². The minimum atomic E-state index is -0.456. The Morgan fingerprint density at radius 1 is 1.35 bits per heavy atom. The largest absolute Gasteiger partial charge is 0.350 e. The van der Waals surface area contributed by atoms with Gasteiger partial charge < -0.3 is 16.0 Å². The monoisotopic (exact) mass is 315 g/mol. The van der Waals surface area contributed by atoms with Crippen LogP contribution in [0.1, 0.15) is 24.1 Å². The highest BCUT2D eigenvalue weighted by Crippen LogP contribution is 2.13. The number of carbonyl (C=O) groups is 2. The molecule has 3 N–H and O–H groups in total. The fraction of sp³-hybridized carbons (Fsp3) is 0.312. The Kier molecular flexibility index (Phi) is 5.48. The Hall–Kier alpha value is -2.67. The van der Waals surface area contributed by atoms with E-state index in [4.69, 9.17) is 0 Å². The number of rotatable bonds is 6. The molecule has 2 rings (SSSR count).